The highest BCUT2D eigenvalue weighted by atomic mass is 15.1. The van der Waals surface area contributed by atoms with Crippen molar-refractivity contribution in [3.05, 3.63) is 271 Å². The summed E-state index contributed by atoms with van der Waals surface area (Å²) in [6.07, 6.45) is 0. The van der Waals surface area contributed by atoms with E-state index in [1.54, 1.807) is 0 Å². The van der Waals surface area contributed by atoms with Crippen LogP contribution in [0.5, 0.6) is 0 Å². The average molecular weight is 828 g/mol. The molecule has 0 saturated heterocycles. The van der Waals surface area contributed by atoms with Crippen LogP contribution in [-0.2, 0) is 5.41 Å². The fourth-order valence-corrected chi connectivity index (χ4v) is 10.4. The summed E-state index contributed by atoms with van der Waals surface area (Å²) in [6.45, 7) is 2.39. The summed E-state index contributed by atoms with van der Waals surface area (Å²) in [5.41, 5.74) is 19.1. The van der Waals surface area contributed by atoms with Crippen molar-refractivity contribution in [3.63, 3.8) is 0 Å². The molecule has 0 heterocycles. The lowest BCUT2D eigenvalue weighted by Crippen LogP contribution is -2.22. The third-order valence-electron chi connectivity index (χ3n) is 13.7. The number of nitrogens with zero attached hydrogens (tertiary/aromatic N) is 1. The molecule has 1 nitrogen and oxygen atoms in total. The summed E-state index contributed by atoms with van der Waals surface area (Å²) >= 11 is 0. The molecule has 0 bridgehead atoms. The summed E-state index contributed by atoms with van der Waals surface area (Å²) in [5.74, 6) is 0. The van der Waals surface area contributed by atoms with Gasteiger partial charge in [-0.2, -0.15) is 0 Å². The van der Waals surface area contributed by atoms with Crippen LogP contribution in [0.2, 0.25) is 0 Å². The van der Waals surface area contributed by atoms with Crippen molar-refractivity contribution in [2.24, 2.45) is 0 Å². The van der Waals surface area contributed by atoms with Crippen LogP contribution in [0.4, 0.5) is 17.1 Å². The third kappa shape index (κ3) is 6.64. The maximum atomic E-state index is 2.48. The standard InChI is InChI=1S/C64H45N/c1-64(54-21-3-2-4-22-54)60-28-10-9-26-59(60)63-61(64)29-14-30-62(63)65(55-23-11-19-51(42-55)45-31-33-47(34-32-45)53-40-37-44-15-5-6-17-50(44)41-53)56-24-12-20-52(43-56)46-35-38-49(39-36-46)58-27-13-18-48-16-7-8-25-57(48)58/h2-43H,1H3. The van der Waals surface area contributed by atoms with Crippen LogP contribution in [-0.4, -0.2) is 0 Å². The summed E-state index contributed by atoms with van der Waals surface area (Å²) in [4.78, 5) is 2.48. The van der Waals surface area contributed by atoms with Gasteiger partial charge in [0.2, 0.25) is 0 Å². The molecule has 306 valence electrons. The van der Waals surface area contributed by atoms with Gasteiger partial charge in [-0.1, -0.05) is 218 Å². The molecule has 1 heteroatoms. The van der Waals surface area contributed by atoms with Gasteiger partial charge in [-0.3, -0.25) is 0 Å². The van der Waals surface area contributed by atoms with Gasteiger partial charge in [0.25, 0.3) is 0 Å². The normalized spacial score (nSPS) is 14.0. The number of hydrogen-bond acceptors (Lipinski definition) is 1. The van der Waals surface area contributed by atoms with E-state index in [-0.39, 0.29) is 5.41 Å². The van der Waals surface area contributed by atoms with Crippen LogP contribution in [0.3, 0.4) is 0 Å². The topological polar surface area (TPSA) is 3.24 Å². The smallest absolute Gasteiger partial charge is 0.0543 e. The van der Waals surface area contributed by atoms with Gasteiger partial charge in [-0.05, 0) is 132 Å². The lowest BCUT2D eigenvalue weighted by atomic mass is 9.74. The van der Waals surface area contributed by atoms with Crippen LogP contribution < -0.4 is 4.90 Å². The molecule has 0 aromatic heterocycles. The lowest BCUT2D eigenvalue weighted by Gasteiger charge is -2.31. The van der Waals surface area contributed by atoms with E-state index in [9.17, 15) is 0 Å². The zero-order chi connectivity index (χ0) is 43.3. The molecule has 1 aliphatic carbocycles. The largest absolute Gasteiger partial charge is 0.310 e. The van der Waals surface area contributed by atoms with Crippen molar-refractivity contribution in [2.75, 3.05) is 4.90 Å². The predicted molar refractivity (Wildman–Crippen MR) is 275 cm³/mol. The highest BCUT2D eigenvalue weighted by molar-refractivity contribution is 5.98. The average Bonchev–Trinajstić information content (AvgIpc) is 3.65. The first kappa shape index (κ1) is 38.4. The number of rotatable bonds is 8. The first-order valence-corrected chi connectivity index (χ1v) is 22.6. The van der Waals surface area contributed by atoms with Gasteiger partial charge in [0.05, 0.1) is 5.69 Å². The lowest BCUT2D eigenvalue weighted by molar-refractivity contribution is 0.714. The molecule has 0 fully saturated rings. The Balaban J connectivity index is 0.987. The summed E-state index contributed by atoms with van der Waals surface area (Å²) in [6, 6.07) is 93.6. The second-order valence-corrected chi connectivity index (χ2v) is 17.4. The zero-order valence-corrected chi connectivity index (χ0v) is 36.2. The van der Waals surface area contributed by atoms with Gasteiger partial charge in [0, 0.05) is 22.4 Å². The maximum Gasteiger partial charge on any atom is 0.0543 e. The molecule has 0 aliphatic heterocycles. The molecule has 1 unspecified atom stereocenters. The Labute approximate surface area is 381 Å². The van der Waals surface area contributed by atoms with Crippen molar-refractivity contribution in [2.45, 2.75) is 12.3 Å². The van der Waals surface area contributed by atoms with E-state index < -0.39 is 0 Å². The van der Waals surface area contributed by atoms with Crippen molar-refractivity contribution in [1.29, 1.82) is 0 Å². The predicted octanol–water partition coefficient (Wildman–Crippen LogP) is 17.5. The van der Waals surface area contributed by atoms with Crippen molar-refractivity contribution in [3.8, 4) is 55.6 Å². The van der Waals surface area contributed by atoms with E-state index >= 15 is 0 Å². The van der Waals surface area contributed by atoms with Crippen LogP contribution in [0.15, 0.2) is 255 Å². The minimum atomic E-state index is -0.322. The summed E-state index contributed by atoms with van der Waals surface area (Å²) in [5, 5.41) is 5.03. The number of benzene rings is 11. The van der Waals surface area contributed by atoms with Gasteiger partial charge in [-0.15, -0.1) is 0 Å². The van der Waals surface area contributed by atoms with Crippen LogP contribution >= 0.6 is 0 Å². The number of hydrogen-bond donors (Lipinski definition) is 0. The highest BCUT2D eigenvalue weighted by Crippen LogP contribution is 2.57. The Bertz CT molecular complexity index is 3540. The Morgan fingerprint density at radius 2 is 0.800 bits per heavy atom. The molecule has 65 heavy (non-hydrogen) atoms. The van der Waals surface area contributed by atoms with Gasteiger partial charge < -0.3 is 4.90 Å². The monoisotopic (exact) mass is 827 g/mol. The van der Waals surface area contributed by atoms with E-state index in [0.717, 1.165) is 17.1 Å². The Morgan fingerprint density at radius 1 is 0.308 bits per heavy atom. The molecule has 12 rings (SSSR count). The molecule has 0 N–H and O–H groups in total. The highest BCUT2D eigenvalue weighted by Gasteiger charge is 2.42. The molecule has 0 radical (unpaired) electrons. The van der Waals surface area contributed by atoms with Crippen LogP contribution in [0, 0.1) is 0 Å². The van der Waals surface area contributed by atoms with E-state index in [4.69, 9.17) is 0 Å². The maximum absolute atomic E-state index is 2.48. The van der Waals surface area contributed by atoms with Gasteiger partial charge in [0.1, 0.15) is 0 Å². The molecule has 0 amide bonds. The first-order chi connectivity index (χ1) is 32.1. The Morgan fingerprint density at radius 3 is 1.51 bits per heavy atom. The molecule has 1 atom stereocenters. The summed E-state index contributed by atoms with van der Waals surface area (Å²) < 4.78 is 0. The van der Waals surface area contributed by atoms with E-state index in [1.165, 1.54) is 93.9 Å². The third-order valence-corrected chi connectivity index (χ3v) is 13.7. The van der Waals surface area contributed by atoms with Gasteiger partial charge in [0.15, 0.2) is 0 Å². The molecular formula is C64H45N. The first-order valence-electron chi connectivity index (χ1n) is 22.6. The minimum Gasteiger partial charge on any atom is -0.310 e. The van der Waals surface area contributed by atoms with E-state index in [1.807, 2.05) is 0 Å². The zero-order valence-electron chi connectivity index (χ0n) is 36.2. The van der Waals surface area contributed by atoms with Gasteiger partial charge in [-0.25, -0.2) is 0 Å². The van der Waals surface area contributed by atoms with Crippen LogP contribution in [0.1, 0.15) is 23.6 Å². The Kier molecular flexibility index (Phi) is 9.35. The second kappa shape index (κ2) is 15.8. The SMILES string of the molecule is CC1(c2ccccc2)c2ccccc2-c2c(N(c3cccc(-c4ccc(-c5ccc6ccccc6c5)cc4)c3)c3cccc(-c4ccc(-c5cccc6ccccc56)cc4)c3)cccc21. The van der Waals surface area contributed by atoms with Crippen molar-refractivity contribution >= 4 is 38.6 Å². The quantitative estimate of drug-likeness (QED) is 0.147. The number of anilines is 3. The molecule has 0 spiro atoms. The second-order valence-electron chi connectivity index (χ2n) is 17.4. The van der Waals surface area contributed by atoms with Crippen molar-refractivity contribution < 1.29 is 0 Å². The fourth-order valence-electron chi connectivity index (χ4n) is 10.4. The van der Waals surface area contributed by atoms with Gasteiger partial charge >= 0.3 is 0 Å². The van der Waals surface area contributed by atoms with Crippen LogP contribution in [0.25, 0.3) is 77.2 Å². The van der Waals surface area contributed by atoms with E-state index in [0.29, 0.717) is 0 Å². The summed E-state index contributed by atoms with van der Waals surface area (Å²) in [7, 11) is 0. The minimum absolute atomic E-state index is 0.322. The number of fused-ring (bicyclic) bond motifs is 5. The Hall–Kier alpha value is -8.26. The molecule has 0 saturated carbocycles. The molecule has 11 aromatic carbocycles. The molecule has 1 aliphatic rings. The van der Waals surface area contributed by atoms with Crippen molar-refractivity contribution in [1.82, 2.24) is 0 Å². The fraction of sp³-hybridized carbons (Fsp3) is 0.0312. The molecule has 11 aromatic rings. The van der Waals surface area contributed by atoms with E-state index in [2.05, 4.69) is 267 Å². The molecular weight excluding hydrogens is 783 g/mol.